The molecule has 1 saturated heterocycles. The summed E-state index contributed by atoms with van der Waals surface area (Å²) in [7, 11) is 0. The maximum atomic E-state index is 12.5. The molecule has 2 N–H and O–H groups in total. The monoisotopic (exact) mass is 365 g/mol. The standard InChI is InChI=1S/C20H19N3O4/c1-13(24)27-17-10-6-5-9-15(17)11-22-23-20(26)18-16(12-21-19(18)25)14-7-3-2-4-8-14/h2-11,16,18H,12H2,1H3,(H,21,25)(H,23,26)/b22-11+/t16-,18+/m0/s1. The molecule has 3 rings (SSSR count). The second-order valence-electron chi connectivity index (χ2n) is 6.11. The van der Waals surface area contributed by atoms with E-state index >= 15 is 0 Å². The normalized spacial score (nSPS) is 18.9. The maximum absolute atomic E-state index is 12.5. The minimum absolute atomic E-state index is 0.248. The number of nitrogens with one attached hydrogen (secondary N) is 2. The quantitative estimate of drug-likeness (QED) is 0.276. The summed E-state index contributed by atoms with van der Waals surface area (Å²) in [6.07, 6.45) is 1.38. The lowest BCUT2D eigenvalue weighted by atomic mass is 9.88. The summed E-state index contributed by atoms with van der Waals surface area (Å²) in [6, 6.07) is 16.2. The van der Waals surface area contributed by atoms with Gasteiger partial charge in [-0.05, 0) is 17.7 Å². The van der Waals surface area contributed by atoms with Crippen LogP contribution in [-0.4, -0.2) is 30.5 Å². The Morgan fingerprint density at radius 1 is 1.15 bits per heavy atom. The van der Waals surface area contributed by atoms with E-state index in [2.05, 4.69) is 15.8 Å². The molecule has 7 nitrogen and oxygen atoms in total. The van der Waals surface area contributed by atoms with Crippen molar-refractivity contribution < 1.29 is 19.1 Å². The molecule has 0 aliphatic carbocycles. The highest BCUT2D eigenvalue weighted by atomic mass is 16.5. The Hall–Kier alpha value is -3.48. The Morgan fingerprint density at radius 2 is 1.85 bits per heavy atom. The second-order valence-corrected chi connectivity index (χ2v) is 6.11. The number of ether oxygens (including phenoxy) is 1. The van der Waals surface area contributed by atoms with Gasteiger partial charge in [-0.25, -0.2) is 5.43 Å². The number of hydrogen-bond acceptors (Lipinski definition) is 5. The van der Waals surface area contributed by atoms with Crippen molar-refractivity contribution in [3.05, 3.63) is 65.7 Å². The van der Waals surface area contributed by atoms with Crippen LogP contribution >= 0.6 is 0 Å². The first-order valence-electron chi connectivity index (χ1n) is 8.49. The topological polar surface area (TPSA) is 96.9 Å². The predicted octanol–water partition coefficient (Wildman–Crippen LogP) is 1.59. The van der Waals surface area contributed by atoms with Gasteiger partial charge in [0.2, 0.25) is 5.91 Å². The summed E-state index contributed by atoms with van der Waals surface area (Å²) in [5.41, 5.74) is 3.86. The summed E-state index contributed by atoms with van der Waals surface area (Å²) in [5.74, 6) is -2.02. The van der Waals surface area contributed by atoms with Gasteiger partial charge >= 0.3 is 5.97 Å². The summed E-state index contributed by atoms with van der Waals surface area (Å²) in [4.78, 5) is 35.8. The number of amides is 2. The Balaban J connectivity index is 1.71. The molecule has 7 heteroatoms. The van der Waals surface area contributed by atoms with Gasteiger partial charge in [0, 0.05) is 24.9 Å². The van der Waals surface area contributed by atoms with Crippen molar-refractivity contribution >= 4 is 24.0 Å². The fourth-order valence-corrected chi connectivity index (χ4v) is 3.00. The van der Waals surface area contributed by atoms with Gasteiger partial charge in [0.1, 0.15) is 11.7 Å². The number of rotatable bonds is 5. The zero-order chi connectivity index (χ0) is 19.2. The van der Waals surface area contributed by atoms with Crippen LogP contribution in [-0.2, 0) is 14.4 Å². The van der Waals surface area contributed by atoms with E-state index < -0.39 is 17.8 Å². The molecule has 1 heterocycles. The average Bonchev–Trinajstić information content (AvgIpc) is 3.05. The Bertz CT molecular complexity index is 880. The smallest absolute Gasteiger partial charge is 0.308 e. The fourth-order valence-electron chi connectivity index (χ4n) is 3.00. The SMILES string of the molecule is CC(=O)Oc1ccccc1/C=N/NC(=O)[C@H]1C(=O)NC[C@H]1c1ccccc1. The summed E-state index contributed by atoms with van der Waals surface area (Å²) < 4.78 is 5.09. The molecular weight excluding hydrogens is 346 g/mol. The number of hydrazone groups is 1. The van der Waals surface area contributed by atoms with Crippen LogP contribution in [0.5, 0.6) is 5.75 Å². The molecule has 0 spiro atoms. The van der Waals surface area contributed by atoms with Crippen LogP contribution in [0.1, 0.15) is 24.0 Å². The average molecular weight is 365 g/mol. The van der Waals surface area contributed by atoms with E-state index in [-0.39, 0.29) is 11.8 Å². The third kappa shape index (κ3) is 4.38. The largest absolute Gasteiger partial charge is 0.426 e. The van der Waals surface area contributed by atoms with E-state index in [0.29, 0.717) is 17.9 Å². The van der Waals surface area contributed by atoms with Crippen LogP contribution in [0.15, 0.2) is 59.7 Å². The molecule has 1 aliphatic heterocycles. The number of para-hydroxylation sites is 1. The molecule has 1 fully saturated rings. The van der Waals surface area contributed by atoms with Gasteiger partial charge in [0.25, 0.3) is 5.91 Å². The van der Waals surface area contributed by atoms with Crippen molar-refractivity contribution in [3.63, 3.8) is 0 Å². The van der Waals surface area contributed by atoms with Crippen molar-refractivity contribution in [2.45, 2.75) is 12.8 Å². The molecular formula is C20H19N3O4. The fraction of sp³-hybridized carbons (Fsp3) is 0.200. The zero-order valence-electron chi connectivity index (χ0n) is 14.7. The molecule has 1 aliphatic rings. The summed E-state index contributed by atoms with van der Waals surface area (Å²) >= 11 is 0. The van der Waals surface area contributed by atoms with Crippen LogP contribution in [0.3, 0.4) is 0 Å². The van der Waals surface area contributed by atoms with E-state index in [1.165, 1.54) is 13.1 Å². The minimum Gasteiger partial charge on any atom is -0.426 e. The molecule has 27 heavy (non-hydrogen) atoms. The van der Waals surface area contributed by atoms with Gasteiger partial charge in [0.15, 0.2) is 0 Å². The first-order valence-corrected chi connectivity index (χ1v) is 8.49. The zero-order valence-corrected chi connectivity index (χ0v) is 14.7. The predicted molar refractivity (Wildman–Crippen MR) is 99.2 cm³/mol. The van der Waals surface area contributed by atoms with E-state index in [9.17, 15) is 14.4 Å². The third-order valence-electron chi connectivity index (χ3n) is 4.24. The lowest BCUT2D eigenvalue weighted by Gasteiger charge is -2.15. The number of benzene rings is 2. The molecule has 0 radical (unpaired) electrons. The van der Waals surface area contributed by atoms with Crippen LogP contribution in [0, 0.1) is 5.92 Å². The third-order valence-corrected chi connectivity index (χ3v) is 4.24. The van der Waals surface area contributed by atoms with Gasteiger partial charge in [-0.1, -0.05) is 42.5 Å². The molecule has 0 unspecified atom stereocenters. The lowest BCUT2D eigenvalue weighted by Crippen LogP contribution is -2.34. The first kappa shape index (κ1) is 18.3. The number of nitrogens with zero attached hydrogens (tertiary/aromatic N) is 1. The molecule has 2 atom stereocenters. The van der Waals surface area contributed by atoms with Crippen LogP contribution in [0.25, 0.3) is 0 Å². The van der Waals surface area contributed by atoms with E-state index in [4.69, 9.17) is 4.74 Å². The van der Waals surface area contributed by atoms with E-state index in [1.54, 1.807) is 24.3 Å². The van der Waals surface area contributed by atoms with Crippen LogP contribution in [0.4, 0.5) is 0 Å². The van der Waals surface area contributed by atoms with E-state index in [0.717, 1.165) is 5.56 Å². The first-order chi connectivity index (χ1) is 13.1. The number of carbonyl (C=O) groups excluding carboxylic acids is 3. The van der Waals surface area contributed by atoms with Gasteiger partial charge in [-0.15, -0.1) is 0 Å². The Morgan fingerprint density at radius 3 is 2.59 bits per heavy atom. The summed E-state index contributed by atoms with van der Waals surface area (Å²) in [5, 5.41) is 6.65. The highest BCUT2D eigenvalue weighted by Crippen LogP contribution is 2.29. The van der Waals surface area contributed by atoms with E-state index in [1.807, 2.05) is 30.3 Å². The molecule has 138 valence electrons. The Labute approximate surface area is 156 Å². The van der Waals surface area contributed by atoms with Gasteiger partial charge in [-0.3, -0.25) is 14.4 Å². The molecule has 0 bridgehead atoms. The Kier molecular flexibility index (Phi) is 5.61. The van der Waals surface area contributed by atoms with Gasteiger partial charge < -0.3 is 10.1 Å². The molecule has 2 amide bonds. The van der Waals surface area contributed by atoms with Crippen molar-refractivity contribution in [2.24, 2.45) is 11.0 Å². The molecule has 2 aromatic carbocycles. The van der Waals surface area contributed by atoms with Crippen LogP contribution in [0.2, 0.25) is 0 Å². The molecule has 2 aromatic rings. The van der Waals surface area contributed by atoms with Crippen molar-refractivity contribution in [3.8, 4) is 5.75 Å². The highest BCUT2D eigenvalue weighted by molar-refractivity contribution is 6.03. The lowest BCUT2D eigenvalue weighted by molar-refractivity contribution is -0.134. The van der Waals surface area contributed by atoms with Crippen molar-refractivity contribution in [2.75, 3.05) is 6.54 Å². The van der Waals surface area contributed by atoms with Gasteiger partial charge in [-0.2, -0.15) is 5.10 Å². The van der Waals surface area contributed by atoms with Gasteiger partial charge in [0.05, 0.1) is 6.21 Å². The number of carbonyl (C=O) groups is 3. The van der Waals surface area contributed by atoms with Crippen LogP contribution < -0.4 is 15.5 Å². The molecule has 0 saturated carbocycles. The van der Waals surface area contributed by atoms with Crippen molar-refractivity contribution in [1.29, 1.82) is 0 Å². The number of hydrogen-bond donors (Lipinski definition) is 2. The second kappa shape index (κ2) is 8.27. The highest BCUT2D eigenvalue weighted by Gasteiger charge is 2.40. The van der Waals surface area contributed by atoms with Crippen molar-refractivity contribution in [1.82, 2.24) is 10.7 Å². The molecule has 0 aromatic heterocycles. The summed E-state index contributed by atoms with van der Waals surface area (Å²) in [6.45, 7) is 1.71. The minimum atomic E-state index is -0.853. The maximum Gasteiger partial charge on any atom is 0.308 e. The number of esters is 1.